The number of hydrogen-bond acceptors (Lipinski definition) is 3. The van der Waals surface area contributed by atoms with Crippen LogP contribution in [0.15, 0.2) is 36.5 Å². The van der Waals surface area contributed by atoms with Crippen molar-refractivity contribution in [2.75, 3.05) is 16.8 Å². The van der Waals surface area contributed by atoms with Gasteiger partial charge < -0.3 is 10.2 Å². The maximum absolute atomic E-state index is 12.9. The number of benzene rings is 1. The minimum absolute atomic E-state index is 0.0633. The summed E-state index contributed by atoms with van der Waals surface area (Å²) in [6.07, 6.45) is 6.32. The van der Waals surface area contributed by atoms with Gasteiger partial charge in [-0.15, -0.1) is 0 Å². The van der Waals surface area contributed by atoms with Gasteiger partial charge in [0.05, 0.1) is 0 Å². The van der Waals surface area contributed by atoms with Crippen LogP contribution in [0.3, 0.4) is 0 Å². The Labute approximate surface area is 136 Å². The van der Waals surface area contributed by atoms with Gasteiger partial charge in [-0.25, -0.2) is 4.98 Å². The molecule has 2 heterocycles. The van der Waals surface area contributed by atoms with E-state index in [-0.39, 0.29) is 5.91 Å². The highest BCUT2D eigenvalue weighted by Crippen LogP contribution is 2.31. The van der Waals surface area contributed by atoms with Gasteiger partial charge in [-0.2, -0.15) is 0 Å². The van der Waals surface area contributed by atoms with E-state index in [1.807, 2.05) is 29.2 Å². The third-order valence-electron chi connectivity index (χ3n) is 4.97. The van der Waals surface area contributed by atoms with Gasteiger partial charge in [0.15, 0.2) is 0 Å². The fourth-order valence-corrected chi connectivity index (χ4v) is 3.38. The summed E-state index contributed by atoms with van der Waals surface area (Å²) in [6, 6.07) is 10.4. The predicted molar refractivity (Wildman–Crippen MR) is 92.1 cm³/mol. The number of rotatable bonds is 3. The number of pyridine rings is 1. The van der Waals surface area contributed by atoms with E-state index < -0.39 is 0 Å². The Hall–Kier alpha value is -2.36. The molecule has 1 aliphatic heterocycles. The molecule has 1 saturated carbocycles. The van der Waals surface area contributed by atoms with Gasteiger partial charge in [-0.1, -0.05) is 12.1 Å². The van der Waals surface area contributed by atoms with E-state index in [0.29, 0.717) is 11.6 Å². The topological polar surface area (TPSA) is 45.2 Å². The van der Waals surface area contributed by atoms with E-state index in [1.54, 1.807) is 6.20 Å². The van der Waals surface area contributed by atoms with Crippen LogP contribution in [0.2, 0.25) is 0 Å². The minimum Gasteiger partial charge on any atom is -0.367 e. The molecule has 0 spiro atoms. The zero-order chi connectivity index (χ0) is 15.8. The monoisotopic (exact) mass is 307 g/mol. The SMILES string of the molecule is Cc1cccc2c1CCN2C(=O)c1ccnc(NC2CCC2)c1. The van der Waals surface area contributed by atoms with Crippen molar-refractivity contribution in [1.29, 1.82) is 0 Å². The maximum Gasteiger partial charge on any atom is 0.258 e. The Kier molecular flexibility index (Phi) is 3.52. The fourth-order valence-electron chi connectivity index (χ4n) is 3.38. The highest BCUT2D eigenvalue weighted by molar-refractivity contribution is 6.07. The van der Waals surface area contributed by atoms with Gasteiger partial charge in [-0.3, -0.25) is 4.79 Å². The van der Waals surface area contributed by atoms with Crippen LogP contribution in [0.1, 0.15) is 40.7 Å². The minimum atomic E-state index is 0.0633. The Balaban J connectivity index is 1.58. The van der Waals surface area contributed by atoms with E-state index in [4.69, 9.17) is 0 Å². The number of carbonyl (C=O) groups excluding carboxylic acids is 1. The Morgan fingerprint density at radius 1 is 1.30 bits per heavy atom. The first kappa shape index (κ1) is 14.2. The van der Waals surface area contributed by atoms with Crippen LogP contribution >= 0.6 is 0 Å². The largest absolute Gasteiger partial charge is 0.367 e. The lowest BCUT2D eigenvalue weighted by atomic mass is 9.93. The van der Waals surface area contributed by atoms with Crippen molar-refractivity contribution in [2.45, 2.75) is 38.6 Å². The van der Waals surface area contributed by atoms with Crippen molar-refractivity contribution in [2.24, 2.45) is 0 Å². The zero-order valence-electron chi connectivity index (χ0n) is 13.4. The summed E-state index contributed by atoms with van der Waals surface area (Å²) < 4.78 is 0. The molecule has 1 aromatic heterocycles. The second-order valence-corrected chi connectivity index (χ2v) is 6.48. The van der Waals surface area contributed by atoms with Crippen molar-refractivity contribution >= 4 is 17.4 Å². The van der Waals surface area contributed by atoms with E-state index in [0.717, 1.165) is 24.5 Å². The molecular formula is C19H21N3O. The summed E-state index contributed by atoms with van der Waals surface area (Å²) in [5.41, 5.74) is 4.32. The summed E-state index contributed by atoms with van der Waals surface area (Å²) in [5, 5.41) is 3.41. The molecule has 1 aromatic carbocycles. The number of fused-ring (bicyclic) bond motifs is 1. The number of amides is 1. The first-order chi connectivity index (χ1) is 11.2. The molecule has 0 atom stereocenters. The first-order valence-electron chi connectivity index (χ1n) is 8.35. The molecule has 1 aliphatic carbocycles. The molecule has 2 aliphatic rings. The Morgan fingerprint density at radius 3 is 2.96 bits per heavy atom. The lowest BCUT2D eigenvalue weighted by Crippen LogP contribution is -2.30. The Bertz CT molecular complexity index is 752. The average Bonchev–Trinajstić information content (AvgIpc) is 2.96. The fraction of sp³-hybridized carbons (Fsp3) is 0.368. The van der Waals surface area contributed by atoms with Crippen molar-refractivity contribution < 1.29 is 4.79 Å². The average molecular weight is 307 g/mol. The molecule has 0 unspecified atom stereocenters. The highest BCUT2D eigenvalue weighted by Gasteiger charge is 2.26. The van der Waals surface area contributed by atoms with E-state index >= 15 is 0 Å². The van der Waals surface area contributed by atoms with Crippen LogP contribution in [0.25, 0.3) is 0 Å². The van der Waals surface area contributed by atoms with Crippen molar-refractivity contribution in [3.05, 3.63) is 53.2 Å². The number of aromatic nitrogens is 1. The van der Waals surface area contributed by atoms with Crippen LogP contribution < -0.4 is 10.2 Å². The summed E-state index contributed by atoms with van der Waals surface area (Å²) >= 11 is 0. The third-order valence-corrected chi connectivity index (χ3v) is 4.97. The number of aryl methyl sites for hydroxylation is 1. The number of nitrogens with one attached hydrogen (secondary N) is 1. The molecule has 118 valence electrons. The number of anilines is 2. The van der Waals surface area contributed by atoms with Gasteiger partial charge >= 0.3 is 0 Å². The zero-order valence-corrected chi connectivity index (χ0v) is 13.4. The van der Waals surface area contributed by atoms with Crippen molar-refractivity contribution in [3.63, 3.8) is 0 Å². The molecule has 0 bridgehead atoms. The standard InChI is InChI=1S/C19H21N3O/c1-13-4-2-7-17-16(13)9-11-22(17)19(23)14-8-10-20-18(12-14)21-15-5-3-6-15/h2,4,7-8,10,12,15H,3,5-6,9,11H2,1H3,(H,20,21). The van der Waals surface area contributed by atoms with E-state index in [1.165, 1.54) is 30.4 Å². The molecule has 1 N–H and O–H groups in total. The number of carbonyl (C=O) groups is 1. The summed E-state index contributed by atoms with van der Waals surface area (Å²) in [4.78, 5) is 19.2. The smallest absolute Gasteiger partial charge is 0.258 e. The van der Waals surface area contributed by atoms with Gasteiger partial charge in [-0.05, 0) is 61.9 Å². The quantitative estimate of drug-likeness (QED) is 0.943. The molecule has 4 heteroatoms. The van der Waals surface area contributed by atoms with Crippen molar-refractivity contribution in [1.82, 2.24) is 4.98 Å². The molecule has 0 saturated heterocycles. The number of nitrogens with zero attached hydrogens (tertiary/aromatic N) is 2. The normalized spacial score (nSPS) is 16.8. The maximum atomic E-state index is 12.9. The Morgan fingerprint density at radius 2 is 2.17 bits per heavy atom. The summed E-state index contributed by atoms with van der Waals surface area (Å²) in [6.45, 7) is 2.87. The molecule has 0 radical (unpaired) electrons. The van der Waals surface area contributed by atoms with E-state index in [9.17, 15) is 4.79 Å². The van der Waals surface area contributed by atoms with Crippen LogP contribution in [0.4, 0.5) is 11.5 Å². The highest BCUT2D eigenvalue weighted by atomic mass is 16.2. The summed E-state index contributed by atoms with van der Waals surface area (Å²) in [5.74, 6) is 0.873. The lowest BCUT2D eigenvalue weighted by molar-refractivity contribution is 0.0989. The molecule has 4 nitrogen and oxygen atoms in total. The molecule has 1 amide bonds. The molecule has 23 heavy (non-hydrogen) atoms. The number of hydrogen-bond donors (Lipinski definition) is 1. The molecular weight excluding hydrogens is 286 g/mol. The second-order valence-electron chi connectivity index (χ2n) is 6.48. The van der Waals surface area contributed by atoms with Crippen LogP contribution in [0.5, 0.6) is 0 Å². The van der Waals surface area contributed by atoms with Crippen LogP contribution in [-0.2, 0) is 6.42 Å². The van der Waals surface area contributed by atoms with Gasteiger partial charge in [0.1, 0.15) is 5.82 Å². The first-order valence-corrected chi connectivity index (χ1v) is 8.35. The second kappa shape index (κ2) is 5.69. The third kappa shape index (κ3) is 2.58. The van der Waals surface area contributed by atoms with Gasteiger partial charge in [0.2, 0.25) is 0 Å². The predicted octanol–water partition coefficient (Wildman–Crippen LogP) is 3.56. The molecule has 1 fully saturated rings. The van der Waals surface area contributed by atoms with Crippen molar-refractivity contribution in [3.8, 4) is 0 Å². The molecule has 4 rings (SSSR count). The van der Waals surface area contributed by atoms with Crippen LogP contribution in [-0.4, -0.2) is 23.5 Å². The van der Waals surface area contributed by atoms with Gasteiger partial charge in [0.25, 0.3) is 5.91 Å². The lowest BCUT2D eigenvalue weighted by Gasteiger charge is -2.27. The van der Waals surface area contributed by atoms with Crippen LogP contribution in [0, 0.1) is 6.92 Å². The summed E-state index contributed by atoms with van der Waals surface area (Å²) in [7, 11) is 0. The molecule has 2 aromatic rings. The van der Waals surface area contributed by atoms with E-state index in [2.05, 4.69) is 23.3 Å². The van der Waals surface area contributed by atoms with Gasteiger partial charge in [0, 0.05) is 30.0 Å².